The van der Waals surface area contributed by atoms with Gasteiger partial charge in [0.2, 0.25) is 5.91 Å². The third-order valence-corrected chi connectivity index (χ3v) is 5.53. The molecule has 5 rings (SSSR count). The zero-order chi connectivity index (χ0) is 17.4. The lowest BCUT2D eigenvalue weighted by molar-refractivity contribution is -0.127. The molecular formula is C22H25NO2. The van der Waals surface area contributed by atoms with Crippen LogP contribution in [0.5, 0.6) is 0 Å². The monoisotopic (exact) mass is 335 g/mol. The highest BCUT2D eigenvalue weighted by molar-refractivity contribution is 5.77. The number of benzene rings is 2. The van der Waals surface area contributed by atoms with Gasteiger partial charge in [0.1, 0.15) is 6.61 Å². The predicted octanol–water partition coefficient (Wildman–Crippen LogP) is 3.82. The number of fused-ring (bicyclic) bond motifs is 1. The van der Waals surface area contributed by atoms with E-state index in [1.807, 2.05) is 13.8 Å². The second-order valence-electron chi connectivity index (χ2n) is 7.45. The summed E-state index contributed by atoms with van der Waals surface area (Å²) in [4.78, 5) is 12.1. The van der Waals surface area contributed by atoms with E-state index in [9.17, 15) is 4.79 Å². The van der Waals surface area contributed by atoms with Crippen LogP contribution in [-0.2, 0) is 9.53 Å². The van der Waals surface area contributed by atoms with Crippen molar-refractivity contribution in [2.75, 3.05) is 13.2 Å². The molecule has 2 bridgehead atoms. The summed E-state index contributed by atoms with van der Waals surface area (Å²) in [5, 5.41) is 3.09. The smallest absolute Gasteiger partial charge is 0.246 e. The Morgan fingerprint density at radius 3 is 2.16 bits per heavy atom. The summed E-state index contributed by atoms with van der Waals surface area (Å²) < 4.78 is 5.41. The Bertz CT molecular complexity index is 736. The van der Waals surface area contributed by atoms with Crippen molar-refractivity contribution in [2.24, 2.45) is 5.92 Å². The van der Waals surface area contributed by atoms with Crippen LogP contribution >= 0.6 is 0 Å². The number of carbonyl (C=O) groups excluding carboxylic acids is 1. The number of hydrogen-bond donors (Lipinski definition) is 1. The molecule has 1 unspecified atom stereocenters. The first-order valence-corrected chi connectivity index (χ1v) is 9.21. The van der Waals surface area contributed by atoms with Crippen LogP contribution in [0.25, 0.3) is 0 Å². The summed E-state index contributed by atoms with van der Waals surface area (Å²) in [6.07, 6.45) is 1.18. The Morgan fingerprint density at radius 1 is 1.04 bits per heavy atom. The zero-order valence-corrected chi connectivity index (χ0v) is 14.9. The lowest BCUT2D eigenvalue weighted by Crippen LogP contribution is -2.40. The SMILES string of the molecule is CC(C)OCC(=O)NCC1CC2c3ccccc3C1c1ccccc12. The molecule has 1 amide bonds. The molecule has 0 fully saturated rings. The maximum atomic E-state index is 12.1. The minimum Gasteiger partial charge on any atom is -0.369 e. The second kappa shape index (κ2) is 6.64. The van der Waals surface area contributed by atoms with Crippen LogP contribution in [0.1, 0.15) is 54.4 Å². The Hall–Kier alpha value is -2.13. The van der Waals surface area contributed by atoms with Gasteiger partial charge in [0.05, 0.1) is 6.10 Å². The van der Waals surface area contributed by atoms with Gasteiger partial charge in [-0.15, -0.1) is 0 Å². The van der Waals surface area contributed by atoms with Crippen molar-refractivity contribution in [1.82, 2.24) is 5.32 Å². The number of ether oxygens (including phenoxy) is 1. The van der Waals surface area contributed by atoms with Crippen molar-refractivity contribution < 1.29 is 9.53 Å². The Kier molecular flexibility index (Phi) is 4.34. The van der Waals surface area contributed by atoms with Crippen molar-refractivity contribution in [3.05, 3.63) is 70.8 Å². The summed E-state index contributed by atoms with van der Waals surface area (Å²) in [6.45, 7) is 4.75. The number of amides is 1. The average molecular weight is 335 g/mol. The lowest BCUT2D eigenvalue weighted by atomic mass is 9.59. The quantitative estimate of drug-likeness (QED) is 0.902. The number of hydrogen-bond acceptors (Lipinski definition) is 2. The fourth-order valence-electron chi connectivity index (χ4n) is 4.50. The van der Waals surface area contributed by atoms with E-state index >= 15 is 0 Å². The number of rotatable bonds is 5. The first kappa shape index (κ1) is 16.3. The van der Waals surface area contributed by atoms with Gasteiger partial charge >= 0.3 is 0 Å². The van der Waals surface area contributed by atoms with Crippen LogP contribution in [-0.4, -0.2) is 25.2 Å². The largest absolute Gasteiger partial charge is 0.369 e. The molecule has 2 aromatic rings. The van der Waals surface area contributed by atoms with Gasteiger partial charge < -0.3 is 10.1 Å². The average Bonchev–Trinajstić information content (AvgIpc) is 2.65. The molecule has 3 aliphatic carbocycles. The summed E-state index contributed by atoms with van der Waals surface area (Å²) in [6, 6.07) is 17.6. The van der Waals surface area contributed by atoms with E-state index in [1.54, 1.807) is 0 Å². The van der Waals surface area contributed by atoms with E-state index in [1.165, 1.54) is 22.3 Å². The highest BCUT2D eigenvalue weighted by Crippen LogP contribution is 2.54. The van der Waals surface area contributed by atoms with E-state index < -0.39 is 0 Å². The Labute approximate surface area is 149 Å². The molecule has 2 aromatic carbocycles. The topological polar surface area (TPSA) is 38.3 Å². The van der Waals surface area contributed by atoms with Crippen LogP contribution in [0.2, 0.25) is 0 Å². The molecule has 0 aromatic heterocycles. The summed E-state index contributed by atoms with van der Waals surface area (Å²) in [5.74, 6) is 1.25. The van der Waals surface area contributed by atoms with Crippen LogP contribution in [0.3, 0.4) is 0 Å². The van der Waals surface area contributed by atoms with Gasteiger partial charge in [-0.05, 0) is 48.4 Å². The van der Waals surface area contributed by atoms with Gasteiger partial charge in [0.25, 0.3) is 0 Å². The molecule has 3 aliphatic rings. The molecule has 130 valence electrons. The van der Waals surface area contributed by atoms with Crippen molar-refractivity contribution in [3.63, 3.8) is 0 Å². The summed E-state index contributed by atoms with van der Waals surface area (Å²) in [5.41, 5.74) is 5.82. The van der Waals surface area contributed by atoms with Crippen molar-refractivity contribution >= 4 is 5.91 Å². The molecule has 0 saturated heterocycles. The van der Waals surface area contributed by atoms with Gasteiger partial charge in [-0.2, -0.15) is 0 Å². The number of nitrogens with one attached hydrogen (secondary N) is 1. The fourth-order valence-corrected chi connectivity index (χ4v) is 4.50. The van der Waals surface area contributed by atoms with Crippen LogP contribution in [0.4, 0.5) is 0 Å². The first-order chi connectivity index (χ1) is 12.1. The van der Waals surface area contributed by atoms with E-state index in [2.05, 4.69) is 53.8 Å². The molecule has 3 nitrogen and oxygen atoms in total. The van der Waals surface area contributed by atoms with E-state index in [-0.39, 0.29) is 18.6 Å². The minimum atomic E-state index is -0.0169. The van der Waals surface area contributed by atoms with Gasteiger partial charge in [-0.1, -0.05) is 48.5 Å². The van der Waals surface area contributed by atoms with Crippen LogP contribution in [0, 0.1) is 5.92 Å². The molecule has 3 heteroatoms. The van der Waals surface area contributed by atoms with E-state index in [4.69, 9.17) is 4.74 Å². The molecule has 0 aliphatic heterocycles. The predicted molar refractivity (Wildman–Crippen MR) is 98.8 cm³/mol. The van der Waals surface area contributed by atoms with Crippen LogP contribution < -0.4 is 5.32 Å². The molecule has 1 atom stereocenters. The third-order valence-electron chi connectivity index (χ3n) is 5.53. The molecule has 0 radical (unpaired) electrons. The second-order valence-corrected chi connectivity index (χ2v) is 7.45. The zero-order valence-electron chi connectivity index (χ0n) is 14.9. The highest BCUT2D eigenvalue weighted by Gasteiger charge is 2.42. The molecule has 0 saturated carbocycles. The standard InChI is InChI=1S/C22H25NO2/c1-14(2)25-13-21(24)23-12-15-11-20-16-7-3-5-9-18(16)22(15)19-10-6-4-8-17(19)20/h3-10,14-15,20,22H,11-13H2,1-2H3,(H,23,24). The van der Waals surface area contributed by atoms with Crippen molar-refractivity contribution in [1.29, 1.82) is 0 Å². The Morgan fingerprint density at radius 2 is 1.60 bits per heavy atom. The molecule has 1 N–H and O–H groups in total. The molecular weight excluding hydrogens is 310 g/mol. The molecule has 25 heavy (non-hydrogen) atoms. The molecule has 0 spiro atoms. The van der Waals surface area contributed by atoms with E-state index in [0.717, 1.165) is 6.42 Å². The molecule has 0 heterocycles. The maximum Gasteiger partial charge on any atom is 0.246 e. The Balaban J connectivity index is 1.56. The van der Waals surface area contributed by atoms with Gasteiger partial charge in [0, 0.05) is 18.4 Å². The highest BCUT2D eigenvalue weighted by atomic mass is 16.5. The lowest BCUT2D eigenvalue weighted by Gasteiger charge is -2.45. The number of carbonyl (C=O) groups is 1. The van der Waals surface area contributed by atoms with Gasteiger partial charge in [-0.3, -0.25) is 4.79 Å². The van der Waals surface area contributed by atoms with Crippen molar-refractivity contribution in [3.8, 4) is 0 Å². The van der Waals surface area contributed by atoms with Crippen LogP contribution in [0.15, 0.2) is 48.5 Å². The minimum absolute atomic E-state index is 0.0169. The fraction of sp³-hybridized carbons (Fsp3) is 0.409. The third kappa shape index (κ3) is 2.98. The van der Waals surface area contributed by atoms with Gasteiger partial charge in [0.15, 0.2) is 0 Å². The summed E-state index contributed by atoms with van der Waals surface area (Å²) >= 11 is 0. The summed E-state index contributed by atoms with van der Waals surface area (Å²) in [7, 11) is 0. The van der Waals surface area contributed by atoms with Gasteiger partial charge in [-0.25, -0.2) is 0 Å². The normalized spacial score (nSPS) is 23.2. The van der Waals surface area contributed by atoms with E-state index in [0.29, 0.717) is 24.3 Å². The van der Waals surface area contributed by atoms with Crippen molar-refractivity contribution in [2.45, 2.75) is 38.2 Å². The first-order valence-electron chi connectivity index (χ1n) is 9.21. The maximum absolute atomic E-state index is 12.1.